The van der Waals surface area contributed by atoms with Gasteiger partial charge in [0.2, 0.25) is 0 Å². The molecule has 2 rings (SSSR count). The third kappa shape index (κ3) is 3.58. The summed E-state index contributed by atoms with van der Waals surface area (Å²) in [6, 6.07) is 10.0. The van der Waals surface area contributed by atoms with Crippen LogP contribution in [-0.4, -0.2) is 6.04 Å². The minimum Gasteiger partial charge on any atom is -0.307 e. The molecular formula is C17H27N. The fourth-order valence-corrected chi connectivity index (χ4v) is 3.23. The molecule has 1 aromatic carbocycles. The number of hydrogen-bond acceptors (Lipinski definition) is 1. The first-order valence-electron chi connectivity index (χ1n) is 7.29. The summed E-state index contributed by atoms with van der Waals surface area (Å²) in [4.78, 5) is 0. The lowest BCUT2D eigenvalue weighted by Crippen LogP contribution is -2.38. The molecule has 2 atom stereocenters. The Bertz CT molecular complexity index is 394. The first-order chi connectivity index (χ1) is 8.46. The summed E-state index contributed by atoms with van der Waals surface area (Å²) in [5, 5.41) is 3.82. The Morgan fingerprint density at radius 2 is 2.11 bits per heavy atom. The predicted molar refractivity (Wildman–Crippen MR) is 78.8 cm³/mol. The van der Waals surface area contributed by atoms with Crippen molar-refractivity contribution < 1.29 is 0 Å². The summed E-state index contributed by atoms with van der Waals surface area (Å²) in [6.45, 7) is 9.26. The lowest BCUT2D eigenvalue weighted by atomic mass is 9.75. The molecule has 1 fully saturated rings. The fraction of sp³-hybridized carbons (Fsp3) is 0.647. The molecule has 18 heavy (non-hydrogen) atoms. The van der Waals surface area contributed by atoms with Crippen molar-refractivity contribution in [2.24, 2.45) is 5.41 Å². The van der Waals surface area contributed by atoms with Crippen molar-refractivity contribution in [3.8, 4) is 0 Å². The molecule has 1 N–H and O–H groups in total. The van der Waals surface area contributed by atoms with Crippen LogP contribution in [0.5, 0.6) is 0 Å². The summed E-state index contributed by atoms with van der Waals surface area (Å²) < 4.78 is 0. The average Bonchev–Trinajstić information content (AvgIpc) is 2.27. The molecule has 2 unspecified atom stereocenters. The van der Waals surface area contributed by atoms with Crippen molar-refractivity contribution in [2.45, 2.75) is 65.5 Å². The van der Waals surface area contributed by atoms with Gasteiger partial charge in [-0.05, 0) is 44.1 Å². The highest BCUT2D eigenvalue weighted by Gasteiger charge is 2.28. The Morgan fingerprint density at radius 3 is 2.78 bits per heavy atom. The SMILES string of the molecule is Cc1cccc(C(C)NC2CCCC(C)(C)C2)c1. The van der Waals surface area contributed by atoms with E-state index in [4.69, 9.17) is 0 Å². The molecule has 1 aliphatic rings. The van der Waals surface area contributed by atoms with Crippen LogP contribution in [0.2, 0.25) is 0 Å². The quantitative estimate of drug-likeness (QED) is 0.819. The van der Waals surface area contributed by atoms with Gasteiger partial charge in [0.05, 0.1) is 0 Å². The highest BCUT2D eigenvalue weighted by atomic mass is 14.9. The van der Waals surface area contributed by atoms with Gasteiger partial charge in [-0.15, -0.1) is 0 Å². The van der Waals surface area contributed by atoms with Gasteiger partial charge in [-0.3, -0.25) is 0 Å². The minimum atomic E-state index is 0.462. The maximum absolute atomic E-state index is 3.82. The smallest absolute Gasteiger partial charge is 0.0294 e. The van der Waals surface area contributed by atoms with Crippen molar-refractivity contribution in [3.05, 3.63) is 35.4 Å². The fourth-order valence-electron chi connectivity index (χ4n) is 3.23. The molecule has 1 aromatic rings. The zero-order valence-electron chi connectivity index (χ0n) is 12.3. The van der Waals surface area contributed by atoms with Gasteiger partial charge >= 0.3 is 0 Å². The van der Waals surface area contributed by atoms with Gasteiger partial charge in [-0.1, -0.05) is 50.1 Å². The van der Waals surface area contributed by atoms with Crippen LogP contribution in [0.1, 0.15) is 63.6 Å². The molecule has 1 nitrogen and oxygen atoms in total. The largest absolute Gasteiger partial charge is 0.307 e. The Hall–Kier alpha value is -0.820. The van der Waals surface area contributed by atoms with Gasteiger partial charge in [0.25, 0.3) is 0 Å². The number of aryl methyl sites for hydroxylation is 1. The Labute approximate surface area is 112 Å². The molecular weight excluding hydrogens is 218 g/mol. The number of nitrogens with one attached hydrogen (secondary N) is 1. The van der Waals surface area contributed by atoms with Gasteiger partial charge in [-0.2, -0.15) is 0 Å². The summed E-state index contributed by atoms with van der Waals surface area (Å²) >= 11 is 0. The second-order valence-corrected chi connectivity index (χ2v) is 6.76. The average molecular weight is 245 g/mol. The number of benzene rings is 1. The van der Waals surface area contributed by atoms with E-state index in [1.54, 1.807) is 0 Å². The first kappa shape index (κ1) is 13.6. The molecule has 0 saturated heterocycles. The van der Waals surface area contributed by atoms with Crippen molar-refractivity contribution >= 4 is 0 Å². The van der Waals surface area contributed by atoms with Crippen molar-refractivity contribution in [1.29, 1.82) is 0 Å². The van der Waals surface area contributed by atoms with Crippen molar-refractivity contribution in [3.63, 3.8) is 0 Å². The van der Waals surface area contributed by atoms with E-state index in [2.05, 4.69) is 57.3 Å². The van der Waals surface area contributed by atoms with Gasteiger partial charge in [-0.25, -0.2) is 0 Å². The molecule has 0 heterocycles. The monoisotopic (exact) mass is 245 g/mol. The van der Waals surface area contributed by atoms with E-state index < -0.39 is 0 Å². The predicted octanol–water partition coefficient (Wildman–Crippen LogP) is 4.61. The van der Waals surface area contributed by atoms with Crippen LogP contribution in [0.4, 0.5) is 0 Å². The number of hydrogen-bond donors (Lipinski definition) is 1. The van der Waals surface area contributed by atoms with E-state index in [0.29, 0.717) is 17.5 Å². The summed E-state index contributed by atoms with van der Waals surface area (Å²) in [5.74, 6) is 0. The van der Waals surface area contributed by atoms with E-state index in [9.17, 15) is 0 Å². The van der Waals surface area contributed by atoms with Crippen LogP contribution in [-0.2, 0) is 0 Å². The summed E-state index contributed by atoms with van der Waals surface area (Å²) in [6.07, 6.45) is 5.39. The van der Waals surface area contributed by atoms with E-state index >= 15 is 0 Å². The third-order valence-corrected chi connectivity index (χ3v) is 4.23. The van der Waals surface area contributed by atoms with Crippen LogP contribution in [0, 0.1) is 12.3 Å². The minimum absolute atomic E-state index is 0.462. The van der Waals surface area contributed by atoms with Crippen LogP contribution >= 0.6 is 0 Å². The second-order valence-electron chi connectivity index (χ2n) is 6.76. The van der Waals surface area contributed by atoms with Crippen LogP contribution in [0.25, 0.3) is 0 Å². The van der Waals surface area contributed by atoms with Gasteiger partial charge in [0.15, 0.2) is 0 Å². The Kier molecular flexibility index (Phi) is 4.11. The zero-order chi connectivity index (χ0) is 13.2. The molecule has 0 aromatic heterocycles. The molecule has 1 aliphatic carbocycles. The van der Waals surface area contributed by atoms with Crippen molar-refractivity contribution in [2.75, 3.05) is 0 Å². The van der Waals surface area contributed by atoms with Crippen LogP contribution < -0.4 is 5.32 Å². The van der Waals surface area contributed by atoms with E-state index in [1.165, 1.54) is 36.8 Å². The highest BCUT2D eigenvalue weighted by Crippen LogP contribution is 2.35. The highest BCUT2D eigenvalue weighted by molar-refractivity contribution is 5.24. The molecule has 1 saturated carbocycles. The Balaban J connectivity index is 1.97. The lowest BCUT2D eigenvalue weighted by molar-refractivity contribution is 0.191. The molecule has 100 valence electrons. The van der Waals surface area contributed by atoms with E-state index in [1.807, 2.05) is 0 Å². The topological polar surface area (TPSA) is 12.0 Å². The lowest BCUT2D eigenvalue weighted by Gasteiger charge is -2.37. The van der Waals surface area contributed by atoms with E-state index in [0.717, 1.165) is 0 Å². The summed E-state index contributed by atoms with van der Waals surface area (Å²) in [7, 11) is 0. The van der Waals surface area contributed by atoms with Gasteiger partial charge < -0.3 is 5.32 Å². The molecule has 1 heteroatoms. The van der Waals surface area contributed by atoms with Crippen molar-refractivity contribution in [1.82, 2.24) is 5.32 Å². The number of rotatable bonds is 3. The normalized spacial score (nSPS) is 24.8. The summed E-state index contributed by atoms with van der Waals surface area (Å²) in [5.41, 5.74) is 3.28. The third-order valence-electron chi connectivity index (χ3n) is 4.23. The Morgan fingerprint density at radius 1 is 1.33 bits per heavy atom. The zero-order valence-corrected chi connectivity index (χ0v) is 12.3. The molecule has 0 bridgehead atoms. The molecule has 0 amide bonds. The second kappa shape index (κ2) is 5.44. The maximum atomic E-state index is 3.82. The first-order valence-corrected chi connectivity index (χ1v) is 7.29. The molecule has 0 spiro atoms. The van der Waals surface area contributed by atoms with Crippen LogP contribution in [0.3, 0.4) is 0 Å². The van der Waals surface area contributed by atoms with Gasteiger partial charge in [0.1, 0.15) is 0 Å². The molecule has 0 aliphatic heterocycles. The maximum Gasteiger partial charge on any atom is 0.0294 e. The standard InChI is InChI=1S/C17H27N/c1-13-7-5-8-15(11-13)14(2)18-16-9-6-10-17(3,4)12-16/h5,7-8,11,14,16,18H,6,9-10,12H2,1-4H3. The molecule has 0 radical (unpaired) electrons. The van der Waals surface area contributed by atoms with E-state index in [-0.39, 0.29) is 0 Å². The van der Waals surface area contributed by atoms with Crippen LogP contribution in [0.15, 0.2) is 24.3 Å². The van der Waals surface area contributed by atoms with Gasteiger partial charge in [0, 0.05) is 12.1 Å².